The zero-order valence-corrected chi connectivity index (χ0v) is 6.97. The van der Waals surface area contributed by atoms with Crippen LogP contribution in [0.2, 0.25) is 0 Å². The lowest BCUT2D eigenvalue weighted by Crippen LogP contribution is -1.79. The van der Waals surface area contributed by atoms with E-state index in [9.17, 15) is 0 Å². The number of nitriles is 1. The standard InChI is InChI=1S/C9H5ClN2/c1-12-9-3-7(5-10)2-8(4-9)6-11/h2-4H,5H2. The van der Waals surface area contributed by atoms with Crippen LogP contribution in [-0.2, 0) is 5.88 Å². The summed E-state index contributed by atoms with van der Waals surface area (Å²) in [7, 11) is 0. The molecule has 58 valence electrons. The number of hydrogen-bond acceptors (Lipinski definition) is 1. The quantitative estimate of drug-likeness (QED) is 0.478. The van der Waals surface area contributed by atoms with Crippen LogP contribution in [0.25, 0.3) is 4.85 Å². The van der Waals surface area contributed by atoms with Gasteiger partial charge in [-0.3, -0.25) is 0 Å². The number of hydrogen-bond donors (Lipinski definition) is 0. The molecule has 0 spiro atoms. The van der Waals surface area contributed by atoms with E-state index in [2.05, 4.69) is 4.85 Å². The van der Waals surface area contributed by atoms with Crippen LogP contribution in [0, 0.1) is 17.9 Å². The molecule has 3 heteroatoms. The summed E-state index contributed by atoms with van der Waals surface area (Å²) in [6.45, 7) is 6.76. The highest BCUT2D eigenvalue weighted by atomic mass is 35.5. The molecule has 0 unspecified atom stereocenters. The molecule has 2 nitrogen and oxygen atoms in total. The molecule has 0 atom stereocenters. The van der Waals surface area contributed by atoms with Crippen molar-refractivity contribution < 1.29 is 0 Å². The van der Waals surface area contributed by atoms with Crippen LogP contribution in [0.1, 0.15) is 11.1 Å². The fourth-order valence-electron chi connectivity index (χ4n) is 0.880. The third-order valence-corrected chi connectivity index (χ3v) is 1.70. The van der Waals surface area contributed by atoms with Gasteiger partial charge in [-0.25, -0.2) is 4.85 Å². The minimum Gasteiger partial charge on any atom is -0.238 e. The van der Waals surface area contributed by atoms with Crippen LogP contribution in [0.15, 0.2) is 18.2 Å². The second kappa shape index (κ2) is 3.76. The Morgan fingerprint density at radius 3 is 2.75 bits per heavy atom. The van der Waals surface area contributed by atoms with Gasteiger partial charge in [-0.15, -0.1) is 11.6 Å². The predicted molar refractivity (Wildman–Crippen MR) is 47.0 cm³/mol. The number of halogens is 1. The zero-order chi connectivity index (χ0) is 8.97. The normalized spacial score (nSPS) is 8.58. The van der Waals surface area contributed by atoms with Crippen molar-refractivity contribution in [1.29, 1.82) is 5.26 Å². The summed E-state index contributed by atoms with van der Waals surface area (Å²) in [5, 5.41) is 8.58. The van der Waals surface area contributed by atoms with Crippen molar-refractivity contribution in [1.82, 2.24) is 0 Å². The largest absolute Gasteiger partial charge is 0.238 e. The summed E-state index contributed by atoms with van der Waals surface area (Å²) >= 11 is 5.57. The van der Waals surface area contributed by atoms with Gasteiger partial charge in [0, 0.05) is 11.4 Å². The summed E-state index contributed by atoms with van der Waals surface area (Å²) in [5.74, 6) is 0.331. The van der Waals surface area contributed by atoms with E-state index in [1.165, 1.54) is 0 Å². The highest BCUT2D eigenvalue weighted by molar-refractivity contribution is 6.17. The van der Waals surface area contributed by atoms with Crippen LogP contribution >= 0.6 is 11.6 Å². The minimum atomic E-state index is 0.331. The Kier molecular flexibility index (Phi) is 2.69. The predicted octanol–water partition coefficient (Wildman–Crippen LogP) is 2.85. The van der Waals surface area contributed by atoms with Crippen LogP contribution in [0.5, 0.6) is 0 Å². The molecular weight excluding hydrogens is 172 g/mol. The molecule has 12 heavy (non-hydrogen) atoms. The topological polar surface area (TPSA) is 28.1 Å². The first-order valence-electron chi connectivity index (χ1n) is 3.27. The van der Waals surface area contributed by atoms with E-state index < -0.39 is 0 Å². The third kappa shape index (κ3) is 1.75. The first kappa shape index (κ1) is 8.59. The number of nitrogens with zero attached hydrogens (tertiary/aromatic N) is 2. The molecule has 0 amide bonds. The second-order valence-electron chi connectivity index (χ2n) is 2.25. The second-order valence-corrected chi connectivity index (χ2v) is 2.51. The van der Waals surface area contributed by atoms with Crippen LogP contribution in [-0.4, -0.2) is 0 Å². The van der Waals surface area contributed by atoms with E-state index in [-0.39, 0.29) is 0 Å². The number of rotatable bonds is 1. The van der Waals surface area contributed by atoms with Crippen molar-refractivity contribution >= 4 is 17.3 Å². The summed E-state index contributed by atoms with van der Waals surface area (Å²) < 4.78 is 0. The summed E-state index contributed by atoms with van der Waals surface area (Å²) in [6, 6.07) is 6.88. The van der Waals surface area contributed by atoms with Crippen molar-refractivity contribution in [3.05, 3.63) is 40.7 Å². The first-order valence-corrected chi connectivity index (χ1v) is 3.81. The van der Waals surface area contributed by atoms with Gasteiger partial charge in [-0.2, -0.15) is 5.26 Å². The van der Waals surface area contributed by atoms with Gasteiger partial charge in [0.2, 0.25) is 0 Å². The van der Waals surface area contributed by atoms with Crippen molar-refractivity contribution in [2.24, 2.45) is 0 Å². The van der Waals surface area contributed by atoms with Crippen molar-refractivity contribution in [2.75, 3.05) is 0 Å². The van der Waals surface area contributed by atoms with E-state index >= 15 is 0 Å². The maximum absolute atomic E-state index is 8.58. The van der Waals surface area contributed by atoms with Crippen molar-refractivity contribution in [2.45, 2.75) is 5.88 Å². The number of alkyl halides is 1. The Labute approximate surface area is 75.8 Å². The molecule has 1 rings (SSSR count). The summed E-state index contributed by atoms with van der Waals surface area (Å²) in [4.78, 5) is 3.23. The summed E-state index contributed by atoms with van der Waals surface area (Å²) in [5.41, 5.74) is 1.76. The molecule has 1 aromatic carbocycles. The molecule has 0 aliphatic rings. The lowest BCUT2D eigenvalue weighted by molar-refractivity contribution is 1.38. The molecule has 0 heterocycles. The average Bonchev–Trinajstić information content (AvgIpc) is 2.16. The van der Waals surface area contributed by atoms with Gasteiger partial charge in [-0.1, -0.05) is 6.07 Å². The highest BCUT2D eigenvalue weighted by Gasteiger charge is 1.98. The molecule has 0 radical (unpaired) electrons. The Morgan fingerprint density at radius 1 is 1.50 bits per heavy atom. The molecule has 1 aromatic rings. The average molecular weight is 177 g/mol. The van der Waals surface area contributed by atoms with E-state index in [1.807, 2.05) is 6.07 Å². The van der Waals surface area contributed by atoms with Gasteiger partial charge in [0.1, 0.15) is 0 Å². The zero-order valence-electron chi connectivity index (χ0n) is 6.21. The van der Waals surface area contributed by atoms with Crippen LogP contribution in [0.3, 0.4) is 0 Å². The van der Waals surface area contributed by atoms with E-state index in [4.69, 9.17) is 23.4 Å². The van der Waals surface area contributed by atoms with Crippen molar-refractivity contribution in [3.63, 3.8) is 0 Å². The Balaban J connectivity index is 3.24. The summed E-state index contributed by atoms with van der Waals surface area (Å²) in [6.07, 6.45) is 0. The fourth-order valence-corrected chi connectivity index (χ4v) is 1.03. The van der Waals surface area contributed by atoms with Crippen LogP contribution < -0.4 is 0 Å². The van der Waals surface area contributed by atoms with Gasteiger partial charge in [0.15, 0.2) is 5.69 Å². The smallest absolute Gasteiger partial charge is 0.188 e. The SMILES string of the molecule is [C-]#[N+]c1cc(C#N)cc(CCl)c1. The van der Waals surface area contributed by atoms with Gasteiger partial charge in [0.05, 0.1) is 12.6 Å². The monoisotopic (exact) mass is 176 g/mol. The molecule has 0 fully saturated rings. The molecular formula is C9H5ClN2. The number of benzene rings is 1. The van der Waals surface area contributed by atoms with E-state index in [0.717, 1.165) is 5.56 Å². The van der Waals surface area contributed by atoms with E-state index in [1.54, 1.807) is 18.2 Å². The fraction of sp³-hybridized carbons (Fsp3) is 0.111. The molecule has 0 aliphatic carbocycles. The molecule has 0 aliphatic heterocycles. The Bertz CT molecular complexity index is 339. The molecule has 0 N–H and O–H groups in total. The third-order valence-electron chi connectivity index (χ3n) is 1.39. The molecule has 0 bridgehead atoms. The first-order chi connectivity index (χ1) is 5.80. The van der Waals surface area contributed by atoms with Gasteiger partial charge < -0.3 is 0 Å². The Morgan fingerprint density at radius 2 is 2.25 bits per heavy atom. The lowest BCUT2D eigenvalue weighted by Gasteiger charge is -1.96. The lowest BCUT2D eigenvalue weighted by atomic mass is 10.1. The van der Waals surface area contributed by atoms with Gasteiger partial charge in [-0.05, 0) is 17.7 Å². The van der Waals surface area contributed by atoms with Crippen molar-refractivity contribution in [3.8, 4) is 6.07 Å². The van der Waals surface area contributed by atoms with E-state index in [0.29, 0.717) is 17.1 Å². The van der Waals surface area contributed by atoms with Gasteiger partial charge >= 0.3 is 0 Å². The Hall–Kier alpha value is -1.51. The van der Waals surface area contributed by atoms with Gasteiger partial charge in [0.25, 0.3) is 0 Å². The maximum Gasteiger partial charge on any atom is 0.188 e. The molecule has 0 saturated heterocycles. The molecule has 0 saturated carbocycles. The van der Waals surface area contributed by atoms with Crippen LogP contribution in [0.4, 0.5) is 5.69 Å². The highest BCUT2D eigenvalue weighted by Crippen LogP contribution is 2.18. The minimum absolute atomic E-state index is 0.331. The maximum atomic E-state index is 8.58. The molecule has 0 aromatic heterocycles.